The summed E-state index contributed by atoms with van der Waals surface area (Å²) in [5, 5.41) is 31.7. The fourth-order valence-corrected chi connectivity index (χ4v) is 17.2. The van der Waals surface area contributed by atoms with Gasteiger partial charge >= 0.3 is 11.9 Å². The monoisotopic (exact) mass is 1810 g/mol. The molecule has 0 spiro atoms. The molecule has 698 valence electrons. The molecule has 19 nitrogen and oxygen atoms in total. The van der Waals surface area contributed by atoms with E-state index in [1.807, 2.05) is 210 Å². The molecule has 6 atom stereocenters. The summed E-state index contributed by atoms with van der Waals surface area (Å²) in [5.74, 6) is -2.75. The number of nitrogens with zero attached hydrogens (tertiary/aromatic N) is 3. The van der Waals surface area contributed by atoms with Gasteiger partial charge in [0.1, 0.15) is 35.9 Å². The van der Waals surface area contributed by atoms with Crippen molar-refractivity contribution in [1.29, 1.82) is 0 Å². The van der Waals surface area contributed by atoms with Crippen LogP contribution in [0, 0.1) is 17.5 Å². The lowest BCUT2D eigenvalue weighted by molar-refractivity contribution is -0.163. The number of Topliss-reactive ketones (excluding diaryl/α,β-unsaturated/α-hetero) is 1. The average Bonchev–Trinajstić information content (AvgIpc) is 1.60. The highest BCUT2D eigenvalue weighted by Crippen LogP contribution is 2.47. The van der Waals surface area contributed by atoms with Crippen LogP contribution in [0.2, 0.25) is 0 Å². The zero-order valence-corrected chi connectivity index (χ0v) is 77.3. The number of para-hydroxylation sites is 3. The number of hydrogen-bond donors (Lipinski definition) is 5. The van der Waals surface area contributed by atoms with Crippen molar-refractivity contribution in [1.82, 2.24) is 13.7 Å². The van der Waals surface area contributed by atoms with E-state index < -0.39 is 30.4 Å². The van der Waals surface area contributed by atoms with Crippen LogP contribution in [0.3, 0.4) is 0 Å². The van der Waals surface area contributed by atoms with Gasteiger partial charge in [-0.15, -0.1) is 19.7 Å². The molecule has 3 aromatic heterocycles. The smallest absolute Gasteiger partial charge is 0.308 e. The van der Waals surface area contributed by atoms with Gasteiger partial charge in [0.25, 0.3) is 17.7 Å². The van der Waals surface area contributed by atoms with E-state index in [4.69, 9.17) is 23.7 Å². The Morgan fingerprint density at radius 1 is 0.425 bits per heavy atom. The average molecular weight is 1820 g/mol. The molecule has 0 aliphatic carbocycles. The van der Waals surface area contributed by atoms with E-state index in [0.717, 1.165) is 84.2 Å². The van der Waals surface area contributed by atoms with E-state index in [9.17, 15) is 52.2 Å². The van der Waals surface area contributed by atoms with Gasteiger partial charge < -0.3 is 63.5 Å². The SMILES string of the molecule is C=CCOC(=O)C[C@@H](C[C@H](O)CCn1c(-c2ccc(F)cc2)c(-c2ccccc2)c(C(=O)Nc2ccccc2)c1C(C)C)OCC=C.C=CCO[C@@H](CC(C)=O)C[C@H](O)CCn1c(-c2ccc(F)cc2)c(-c2ccccc2)c(C(=O)Nc2ccccc2)c1C(C)C.C=CCO[C@H]1CC(=O)O[C@H](CCn2c(-c3ccc(F)cc3)c(-c3ccccc3)c(C(=O)Nc3ccccc3)c2C(C)C)C1. The summed E-state index contributed by atoms with van der Waals surface area (Å²) in [7, 11) is 0. The van der Waals surface area contributed by atoms with Crippen molar-refractivity contribution in [2.45, 2.75) is 180 Å². The summed E-state index contributed by atoms with van der Waals surface area (Å²) in [5.41, 5.74) is 15.5. The molecule has 0 unspecified atom stereocenters. The highest BCUT2D eigenvalue weighted by Gasteiger charge is 2.37. The second-order valence-corrected chi connectivity index (χ2v) is 34.0. The first-order chi connectivity index (χ1) is 64.8. The number of nitrogens with one attached hydrogen (secondary N) is 3. The zero-order valence-electron chi connectivity index (χ0n) is 77.3. The first-order valence-corrected chi connectivity index (χ1v) is 45.6. The summed E-state index contributed by atoms with van der Waals surface area (Å²) in [6.07, 6.45) is 5.78. The first kappa shape index (κ1) is 101. The Balaban J connectivity index is 0.000000194. The number of carbonyl (C=O) groups excluding carboxylic acids is 6. The number of esters is 2. The van der Waals surface area contributed by atoms with E-state index in [1.165, 1.54) is 49.4 Å². The van der Waals surface area contributed by atoms with Crippen molar-refractivity contribution in [2.75, 3.05) is 42.4 Å². The molecule has 0 bridgehead atoms. The molecule has 3 amide bonds. The maximum Gasteiger partial charge on any atom is 0.308 e. The van der Waals surface area contributed by atoms with Crippen LogP contribution >= 0.6 is 0 Å². The van der Waals surface area contributed by atoms with Crippen LogP contribution in [0.1, 0.15) is 172 Å². The summed E-state index contributed by atoms with van der Waals surface area (Å²) in [4.78, 5) is 79.2. The molecule has 1 fully saturated rings. The van der Waals surface area contributed by atoms with Crippen molar-refractivity contribution in [2.24, 2.45) is 0 Å². The van der Waals surface area contributed by atoms with Gasteiger partial charge in [0.2, 0.25) is 0 Å². The number of halogens is 3. The first-order valence-electron chi connectivity index (χ1n) is 45.6. The second-order valence-electron chi connectivity index (χ2n) is 34.0. The zero-order chi connectivity index (χ0) is 95.7. The highest BCUT2D eigenvalue weighted by atomic mass is 19.1. The van der Waals surface area contributed by atoms with Crippen LogP contribution in [0.25, 0.3) is 67.2 Å². The molecule has 9 aromatic carbocycles. The molecule has 12 aromatic rings. The number of aliphatic hydroxyl groups excluding tert-OH is 2. The summed E-state index contributed by atoms with van der Waals surface area (Å²) < 4.78 is 77.0. The van der Waals surface area contributed by atoms with Gasteiger partial charge in [-0.25, -0.2) is 13.2 Å². The Hall–Kier alpha value is -13.6. The van der Waals surface area contributed by atoms with E-state index in [0.29, 0.717) is 85.7 Å². The molecule has 0 radical (unpaired) electrons. The summed E-state index contributed by atoms with van der Waals surface area (Å²) in [6.45, 7) is 30.6. The number of ketones is 1. The number of rotatable bonds is 43. The second kappa shape index (κ2) is 50.3. The van der Waals surface area contributed by atoms with Crippen LogP contribution in [0.5, 0.6) is 0 Å². The van der Waals surface area contributed by atoms with Crippen LogP contribution in [0.4, 0.5) is 30.2 Å². The normalized spacial score (nSPS) is 13.8. The van der Waals surface area contributed by atoms with Gasteiger partial charge in [-0.05, 0) is 180 Å². The Morgan fingerprint density at radius 3 is 1.05 bits per heavy atom. The molecular formula is C112H121F3N6O13. The van der Waals surface area contributed by atoms with E-state index >= 15 is 0 Å². The number of amides is 3. The minimum atomic E-state index is -0.845. The minimum Gasteiger partial charge on any atom is -0.462 e. The molecular weight excluding hydrogens is 1690 g/mol. The van der Waals surface area contributed by atoms with Crippen LogP contribution in [-0.2, 0) is 57.7 Å². The van der Waals surface area contributed by atoms with E-state index in [1.54, 1.807) is 54.6 Å². The van der Waals surface area contributed by atoms with Crippen LogP contribution in [-0.4, -0.2) is 122 Å². The Labute approximate surface area is 784 Å². The van der Waals surface area contributed by atoms with Gasteiger partial charge in [-0.2, -0.15) is 0 Å². The van der Waals surface area contributed by atoms with Gasteiger partial charge in [0.05, 0.1) is 97.0 Å². The molecule has 5 N–H and O–H groups in total. The van der Waals surface area contributed by atoms with Crippen molar-refractivity contribution in [3.05, 3.63) is 357 Å². The number of hydrogen-bond acceptors (Lipinski definition) is 13. The Bertz CT molecular complexity index is 5880. The molecule has 13 rings (SSSR count). The third kappa shape index (κ3) is 27.5. The standard InChI is InChI=1S/C39H43FN2O5.C37H41FN2O4.C36H37FN2O4/c1-5-23-46-33(26-34(44)47-24-6-2)25-32(43)21-22-42-37(27(3)4)36(39(45)41-31-15-11-8-12-16-31)35(28-13-9-7-10-14-28)38(42)29-17-19-30(40)20-18-29;1-5-22-44-32(23-26(4)41)24-31(42)20-21-40-35(25(2)3)34(37(43)39-30-14-10-7-11-15-30)33(27-12-8-6-9-13-27)36(40)28-16-18-29(38)19-17-28;1-4-21-42-30-22-29(43-31(40)23-30)19-20-39-34(24(2)3)33(36(41)38-28-13-9-6-10-14-28)32(25-11-7-5-8-12-25)35(39)26-15-17-27(37)18-16-26/h5-20,27,32-33,43H,1-2,21-26H2,3-4H3,(H,41,45);5-19,25,31-32,42H,1,20-24H2,2-4H3,(H,39,43);4-18,24,29-30H,1,19-23H2,2-3H3,(H,38,41)/t32-,33-;31-,32+;29-,30-/m111/s1. The third-order valence-corrected chi connectivity index (χ3v) is 22.8. The summed E-state index contributed by atoms with van der Waals surface area (Å²) in [6, 6.07) is 76.0. The maximum atomic E-state index is 14.2. The Kier molecular flexibility index (Phi) is 37.9. The molecule has 4 heterocycles. The molecule has 1 saturated heterocycles. The number of aliphatic hydroxyl groups is 2. The maximum absolute atomic E-state index is 14.2. The van der Waals surface area contributed by atoms with Gasteiger partial charge in [0.15, 0.2) is 0 Å². The number of carbonyl (C=O) groups is 6. The fourth-order valence-electron chi connectivity index (χ4n) is 17.2. The summed E-state index contributed by atoms with van der Waals surface area (Å²) >= 11 is 0. The molecule has 22 heteroatoms. The van der Waals surface area contributed by atoms with Crippen LogP contribution in [0.15, 0.2) is 305 Å². The van der Waals surface area contributed by atoms with Crippen LogP contribution < -0.4 is 16.0 Å². The lowest BCUT2D eigenvalue weighted by Crippen LogP contribution is -2.35. The molecule has 134 heavy (non-hydrogen) atoms. The predicted octanol–water partition coefficient (Wildman–Crippen LogP) is 24.2. The lowest BCUT2D eigenvalue weighted by atomic mass is 9.94. The number of anilines is 3. The minimum absolute atomic E-state index is 0.0149. The Morgan fingerprint density at radius 2 is 0.739 bits per heavy atom. The predicted molar refractivity (Wildman–Crippen MR) is 526 cm³/mol. The fraction of sp³-hybridized carbons (Fsp3) is 0.286. The molecule has 1 aliphatic heterocycles. The quantitative estimate of drug-likeness (QED) is 0.0177. The number of aromatic nitrogens is 3. The number of benzene rings is 9. The largest absolute Gasteiger partial charge is 0.462 e. The number of ether oxygens (including phenoxy) is 5. The van der Waals surface area contributed by atoms with Gasteiger partial charge in [-0.3, -0.25) is 28.8 Å². The van der Waals surface area contributed by atoms with E-state index in [2.05, 4.69) is 69.8 Å². The van der Waals surface area contributed by atoms with Gasteiger partial charge in [-0.1, -0.05) is 218 Å². The van der Waals surface area contributed by atoms with Crippen molar-refractivity contribution < 1.29 is 75.8 Å². The van der Waals surface area contributed by atoms with Crippen molar-refractivity contribution in [3.8, 4) is 67.2 Å². The number of cyclic esters (lactones) is 1. The lowest BCUT2D eigenvalue weighted by Gasteiger charge is -2.29. The van der Waals surface area contributed by atoms with Crippen molar-refractivity contribution in [3.63, 3.8) is 0 Å². The third-order valence-electron chi connectivity index (χ3n) is 22.8. The molecule has 1 aliphatic rings. The van der Waals surface area contributed by atoms with Crippen molar-refractivity contribution >= 4 is 52.5 Å². The van der Waals surface area contributed by atoms with E-state index in [-0.39, 0.29) is 129 Å². The van der Waals surface area contributed by atoms with Gasteiger partial charge in [0, 0.05) is 103 Å². The highest BCUT2D eigenvalue weighted by molar-refractivity contribution is 6.15. The topological polar surface area (TPSA) is 240 Å². The molecule has 0 saturated carbocycles.